The third-order valence-electron chi connectivity index (χ3n) is 2.03. The van der Waals surface area contributed by atoms with Crippen LogP contribution in [0, 0.1) is 6.92 Å². The zero-order chi connectivity index (χ0) is 13.1. The maximum Gasteiger partial charge on any atom is 0.348 e. The fraction of sp³-hybridized carbons (Fsp3) is 0.333. The summed E-state index contributed by atoms with van der Waals surface area (Å²) >= 11 is 0. The van der Waals surface area contributed by atoms with E-state index < -0.39 is 18.8 Å². The summed E-state index contributed by atoms with van der Waals surface area (Å²) in [5.74, 6) is 0.788. The minimum atomic E-state index is -4.14. The zero-order valence-electron chi connectivity index (χ0n) is 9.16. The second kappa shape index (κ2) is 5.27. The lowest BCUT2D eigenvalue weighted by molar-refractivity contribution is 0.386. The molecule has 0 aromatic carbocycles. The lowest BCUT2D eigenvalue weighted by Gasteiger charge is -2.03. The first-order chi connectivity index (χ1) is 7.79. The summed E-state index contributed by atoms with van der Waals surface area (Å²) in [6, 6.07) is 0. The predicted molar refractivity (Wildman–Crippen MR) is 61.9 cm³/mol. The number of aryl methyl sites for hydroxylation is 2. The summed E-state index contributed by atoms with van der Waals surface area (Å²) in [5, 5.41) is 0. The molecule has 1 aromatic heterocycles. The number of hydrogen-bond donors (Lipinski definition) is 3. The Morgan fingerprint density at radius 2 is 2.12 bits per heavy atom. The van der Waals surface area contributed by atoms with Crippen molar-refractivity contribution >= 4 is 7.60 Å². The van der Waals surface area contributed by atoms with E-state index in [2.05, 4.69) is 4.98 Å². The normalized spacial score (nSPS) is 12.2. The lowest BCUT2D eigenvalue weighted by atomic mass is 10.3. The molecule has 0 amide bonds. The van der Waals surface area contributed by atoms with Crippen LogP contribution in [-0.2, 0) is 11.1 Å². The summed E-state index contributed by atoms with van der Waals surface area (Å²) in [5.41, 5.74) is -0.564. The molecule has 0 saturated heterocycles. The van der Waals surface area contributed by atoms with Crippen LogP contribution in [-0.4, -0.2) is 19.3 Å². The van der Waals surface area contributed by atoms with Gasteiger partial charge in [-0.2, -0.15) is 0 Å². The van der Waals surface area contributed by atoms with Crippen molar-refractivity contribution in [1.29, 1.82) is 0 Å². The van der Waals surface area contributed by atoms with Gasteiger partial charge in [-0.25, -0.2) is 4.79 Å². The van der Waals surface area contributed by atoms with Gasteiger partial charge in [0.05, 0.1) is 0 Å². The Bertz CT molecular complexity index is 580. The van der Waals surface area contributed by atoms with E-state index >= 15 is 0 Å². The van der Waals surface area contributed by atoms with Crippen molar-refractivity contribution in [2.24, 2.45) is 0 Å². The van der Waals surface area contributed by atoms with Gasteiger partial charge in [-0.15, -0.1) is 0 Å². The molecule has 0 aliphatic carbocycles. The Hall–Kier alpha value is -1.43. The summed E-state index contributed by atoms with van der Waals surface area (Å²) in [6.45, 7) is 1.81. The number of nitrogens with one attached hydrogen (secondary N) is 1. The Balaban J connectivity index is 2.75. The van der Waals surface area contributed by atoms with Crippen LogP contribution in [0.4, 0.5) is 0 Å². The average molecular weight is 260 g/mol. The van der Waals surface area contributed by atoms with Crippen LogP contribution in [0.3, 0.4) is 0 Å². The van der Waals surface area contributed by atoms with Gasteiger partial charge in [-0.05, 0) is 13.3 Å². The monoisotopic (exact) mass is 260 g/mol. The fourth-order valence-corrected chi connectivity index (χ4v) is 1.63. The molecule has 0 aliphatic heterocycles. The molecule has 0 bridgehead atoms. The third-order valence-corrected chi connectivity index (χ3v) is 2.62. The summed E-state index contributed by atoms with van der Waals surface area (Å²) in [4.78, 5) is 41.6. The van der Waals surface area contributed by atoms with Crippen molar-refractivity contribution in [3.63, 3.8) is 0 Å². The van der Waals surface area contributed by atoms with E-state index in [1.807, 2.05) is 0 Å². The van der Waals surface area contributed by atoms with Crippen molar-refractivity contribution in [3.05, 3.63) is 44.5 Å². The molecule has 7 nitrogen and oxygen atoms in total. The average Bonchev–Trinajstić information content (AvgIpc) is 2.18. The standard InChI is InChI=1S/C9H13N2O5P/c1-7-6-11(9(13)10-8(7)12)4-2-3-5-17(14,15)16/h3,5-6H,2,4H2,1H3,(H,10,12,13)(H2,14,15,16). The SMILES string of the molecule is Cc1cn(CCC=CP(=O)(O)O)c(=O)[nH]c1=O. The largest absolute Gasteiger partial charge is 0.348 e. The van der Waals surface area contributed by atoms with E-state index in [0.29, 0.717) is 5.56 Å². The minimum absolute atomic E-state index is 0.243. The van der Waals surface area contributed by atoms with E-state index in [9.17, 15) is 14.2 Å². The fourth-order valence-electron chi connectivity index (χ4n) is 1.21. The van der Waals surface area contributed by atoms with Gasteiger partial charge in [-0.3, -0.25) is 14.3 Å². The molecule has 0 fully saturated rings. The number of aromatic nitrogens is 2. The van der Waals surface area contributed by atoms with Crippen molar-refractivity contribution < 1.29 is 14.4 Å². The maximum absolute atomic E-state index is 11.3. The van der Waals surface area contributed by atoms with E-state index in [4.69, 9.17) is 9.79 Å². The van der Waals surface area contributed by atoms with Crippen LogP contribution in [0.25, 0.3) is 0 Å². The second-order valence-electron chi connectivity index (χ2n) is 3.53. The van der Waals surface area contributed by atoms with Crippen LogP contribution >= 0.6 is 7.60 Å². The van der Waals surface area contributed by atoms with Crippen molar-refractivity contribution in [2.75, 3.05) is 0 Å². The van der Waals surface area contributed by atoms with Gasteiger partial charge in [0, 0.05) is 24.1 Å². The smallest absolute Gasteiger partial charge is 0.321 e. The highest BCUT2D eigenvalue weighted by atomic mass is 31.2. The molecular formula is C9H13N2O5P. The highest BCUT2D eigenvalue weighted by Crippen LogP contribution is 2.35. The van der Waals surface area contributed by atoms with Gasteiger partial charge in [0.2, 0.25) is 0 Å². The predicted octanol–water partition coefficient (Wildman–Crippen LogP) is -0.0735. The van der Waals surface area contributed by atoms with Crippen molar-refractivity contribution in [3.8, 4) is 0 Å². The van der Waals surface area contributed by atoms with Crippen molar-refractivity contribution in [2.45, 2.75) is 19.9 Å². The van der Waals surface area contributed by atoms with E-state index in [0.717, 1.165) is 5.82 Å². The Morgan fingerprint density at radius 3 is 2.71 bits per heavy atom. The Morgan fingerprint density at radius 1 is 1.47 bits per heavy atom. The zero-order valence-corrected chi connectivity index (χ0v) is 10.1. The van der Waals surface area contributed by atoms with Crippen molar-refractivity contribution in [1.82, 2.24) is 9.55 Å². The number of aromatic amines is 1. The van der Waals surface area contributed by atoms with Crippen LogP contribution in [0.15, 0.2) is 27.7 Å². The highest BCUT2D eigenvalue weighted by Gasteiger charge is 2.05. The third kappa shape index (κ3) is 4.52. The Kier molecular flexibility index (Phi) is 4.22. The number of allylic oxidation sites excluding steroid dienone is 1. The molecule has 0 spiro atoms. The summed E-state index contributed by atoms with van der Waals surface area (Å²) in [7, 11) is -4.14. The van der Waals surface area contributed by atoms with Gasteiger partial charge >= 0.3 is 13.3 Å². The van der Waals surface area contributed by atoms with Crippen LogP contribution in [0.1, 0.15) is 12.0 Å². The molecule has 0 radical (unpaired) electrons. The number of H-pyrrole nitrogens is 1. The molecule has 0 unspecified atom stereocenters. The molecule has 1 heterocycles. The molecule has 8 heteroatoms. The number of hydrogen-bond acceptors (Lipinski definition) is 3. The number of nitrogens with zero attached hydrogens (tertiary/aromatic N) is 1. The van der Waals surface area contributed by atoms with Gasteiger partial charge in [0.25, 0.3) is 5.56 Å². The maximum atomic E-state index is 11.3. The van der Waals surface area contributed by atoms with E-state index in [1.54, 1.807) is 6.92 Å². The van der Waals surface area contributed by atoms with Gasteiger partial charge < -0.3 is 14.4 Å². The Labute approximate surface area is 96.6 Å². The quantitative estimate of drug-likeness (QED) is 0.656. The number of rotatable bonds is 4. The van der Waals surface area contributed by atoms with E-state index in [-0.39, 0.29) is 13.0 Å². The second-order valence-corrected chi connectivity index (χ2v) is 5.00. The van der Waals surface area contributed by atoms with Gasteiger partial charge in [0.15, 0.2) is 0 Å². The summed E-state index contributed by atoms with van der Waals surface area (Å²) < 4.78 is 11.8. The van der Waals surface area contributed by atoms with Crippen LogP contribution in [0.5, 0.6) is 0 Å². The minimum Gasteiger partial charge on any atom is -0.321 e. The van der Waals surface area contributed by atoms with Gasteiger partial charge in [0.1, 0.15) is 0 Å². The molecule has 1 rings (SSSR count). The molecule has 3 N–H and O–H groups in total. The molecular weight excluding hydrogens is 247 g/mol. The lowest BCUT2D eigenvalue weighted by Crippen LogP contribution is -2.30. The molecule has 17 heavy (non-hydrogen) atoms. The molecule has 1 aromatic rings. The van der Waals surface area contributed by atoms with E-state index in [1.165, 1.54) is 16.8 Å². The first kappa shape index (κ1) is 13.6. The topological polar surface area (TPSA) is 112 Å². The van der Waals surface area contributed by atoms with Crippen LogP contribution in [0.2, 0.25) is 0 Å². The molecule has 0 aliphatic rings. The first-order valence-corrected chi connectivity index (χ1v) is 6.51. The summed E-state index contributed by atoms with van der Waals surface area (Å²) in [6.07, 6.45) is 3.00. The molecule has 0 atom stereocenters. The van der Waals surface area contributed by atoms with Crippen LogP contribution < -0.4 is 11.2 Å². The van der Waals surface area contributed by atoms with Gasteiger partial charge in [-0.1, -0.05) is 6.08 Å². The molecule has 94 valence electrons. The first-order valence-electron chi connectivity index (χ1n) is 4.83. The highest BCUT2D eigenvalue weighted by molar-refractivity contribution is 7.55. The molecule has 0 saturated carbocycles.